The SMILES string of the molecule is Nc1nc(CCCNc2nc(-c3cccc(N4CCCC4)c3)cc3ncnn23)ccc1[N+](=O)[O-]. The Hall–Kier alpha value is -4.28. The lowest BCUT2D eigenvalue weighted by Gasteiger charge is -2.18. The first-order chi connectivity index (χ1) is 16.6. The highest BCUT2D eigenvalue weighted by atomic mass is 16.6. The maximum atomic E-state index is 10.9. The van der Waals surface area contributed by atoms with Gasteiger partial charge in [0.1, 0.15) is 6.33 Å². The van der Waals surface area contributed by atoms with Crippen molar-refractivity contribution in [3.05, 3.63) is 64.6 Å². The number of aromatic nitrogens is 5. The molecule has 0 atom stereocenters. The van der Waals surface area contributed by atoms with Gasteiger partial charge in [-0.3, -0.25) is 10.1 Å². The van der Waals surface area contributed by atoms with Gasteiger partial charge < -0.3 is 16.0 Å². The molecule has 11 nitrogen and oxygen atoms in total. The standard InChI is InChI=1S/C23H25N9O2/c24-22-20(32(33)34)9-8-17(28-22)6-4-10-25-23-29-19(14-21-26-15-27-31(21)23)16-5-3-7-18(13-16)30-11-1-2-12-30/h3,5,7-9,13-15H,1-2,4,6,10-12H2,(H2,24,28)(H,25,29). The molecule has 0 bridgehead atoms. The number of anilines is 3. The summed E-state index contributed by atoms with van der Waals surface area (Å²) in [7, 11) is 0. The summed E-state index contributed by atoms with van der Waals surface area (Å²) in [6.07, 6.45) is 5.31. The van der Waals surface area contributed by atoms with Crippen molar-refractivity contribution < 1.29 is 4.92 Å². The summed E-state index contributed by atoms with van der Waals surface area (Å²) in [5, 5.41) is 18.5. The van der Waals surface area contributed by atoms with E-state index in [4.69, 9.17) is 10.7 Å². The number of nitrogen functional groups attached to an aromatic ring is 1. The van der Waals surface area contributed by atoms with Crippen molar-refractivity contribution >= 4 is 28.8 Å². The van der Waals surface area contributed by atoms with Gasteiger partial charge in [-0.1, -0.05) is 12.1 Å². The van der Waals surface area contributed by atoms with Crippen LogP contribution in [0.2, 0.25) is 0 Å². The molecule has 0 unspecified atom stereocenters. The molecule has 5 rings (SSSR count). The Labute approximate surface area is 195 Å². The Balaban J connectivity index is 1.30. The van der Waals surface area contributed by atoms with Gasteiger partial charge in [0, 0.05) is 48.7 Å². The van der Waals surface area contributed by atoms with Crippen LogP contribution in [-0.4, -0.2) is 49.1 Å². The van der Waals surface area contributed by atoms with Crippen LogP contribution in [0.1, 0.15) is 25.0 Å². The predicted octanol–water partition coefficient (Wildman–Crippen LogP) is 3.32. The van der Waals surface area contributed by atoms with E-state index in [0.29, 0.717) is 30.3 Å². The molecule has 4 heterocycles. The molecule has 0 aliphatic carbocycles. The largest absolute Gasteiger partial charge is 0.378 e. The van der Waals surface area contributed by atoms with Crippen LogP contribution in [0, 0.1) is 10.1 Å². The van der Waals surface area contributed by atoms with E-state index in [0.717, 1.165) is 30.8 Å². The smallest absolute Gasteiger partial charge is 0.311 e. The number of benzene rings is 1. The molecule has 1 aliphatic rings. The van der Waals surface area contributed by atoms with E-state index in [1.54, 1.807) is 10.6 Å². The van der Waals surface area contributed by atoms with Crippen LogP contribution in [0.25, 0.3) is 16.9 Å². The van der Waals surface area contributed by atoms with E-state index in [1.165, 1.54) is 30.9 Å². The number of fused-ring (bicyclic) bond motifs is 1. The lowest BCUT2D eigenvalue weighted by Crippen LogP contribution is -2.17. The topological polar surface area (TPSA) is 140 Å². The Kier molecular flexibility index (Phi) is 5.90. The van der Waals surface area contributed by atoms with Crippen LogP contribution in [-0.2, 0) is 6.42 Å². The summed E-state index contributed by atoms with van der Waals surface area (Å²) < 4.78 is 1.68. The number of nitrogens with one attached hydrogen (secondary N) is 1. The van der Waals surface area contributed by atoms with E-state index in [9.17, 15) is 10.1 Å². The molecule has 1 fully saturated rings. The second-order valence-electron chi connectivity index (χ2n) is 8.23. The van der Waals surface area contributed by atoms with E-state index >= 15 is 0 Å². The summed E-state index contributed by atoms with van der Waals surface area (Å²) in [5.74, 6) is 0.540. The highest BCUT2D eigenvalue weighted by Gasteiger charge is 2.15. The number of pyridine rings is 1. The van der Waals surface area contributed by atoms with Crippen molar-refractivity contribution in [3.63, 3.8) is 0 Å². The van der Waals surface area contributed by atoms with Crippen LogP contribution >= 0.6 is 0 Å². The third kappa shape index (κ3) is 4.45. The first-order valence-electron chi connectivity index (χ1n) is 11.3. The van der Waals surface area contributed by atoms with Crippen molar-refractivity contribution in [2.24, 2.45) is 0 Å². The first kappa shape index (κ1) is 21.6. The number of rotatable bonds is 8. The van der Waals surface area contributed by atoms with Gasteiger partial charge in [0.2, 0.25) is 11.8 Å². The molecule has 1 aliphatic heterocycles. The van der Waals surface area contributed by atoms with Crippen LogP contribution in [0.4, 0.5) is 23.1 Å². The van der Waals surface area contributed by atoms with Gasteiger partial charge in [-0.05, 0) is 43.9 Å². The maximum absolute atomic E-state index is 10.9. The highest BCUT2D eigenvalue weighted by molar-refractivity contribution is 5.69. The van der Waals surface area contributed by atoms with E-state index in [1.807, 2.05) is 6.07 Å². The molecule has 34 heavy (non-hydrogen) atoms. The highest BCUT2D eigenvalue weighted by Crippen LogP contribution is 2.27. The van der Waals surface area contributed by atoms with E-state index in [2.05, 4.69) is 49.5 Å². The number of aryl methyl sites for hydroxylation is 1. The number of hydrogen-bond acceptors (Lipinski definition) is 9. The van der Waals surface area contributed by atoms with Gasteiger partial charge in [0.25, 0.3) is 0 Å². The summed E-state index contributed by atoms with van der Waals surface area (Å²) >= 11 is 0. The number of nitro groups is 1. The molecule has 3 N–H and O–H groups in total. The minimum Gasteiger partial charge on any atom is -0.378 e. The fraction of sp³-hybridized carbons (Fsp3) is 0.304. The second kappa shape index (κ2) is 9.30. The van der Waals surface area contributed by atoms with E-state index < -0.39 is 4.92 Å². The fourth-order valence-corrected chi connectivity index (χ4v) is 4.20. The monoisotopic (exact) mass is 459 g/mol. The minimum atomic E-state index is -0.531. The lowest BCUT2D eigenvalue weighted by molar-refractivity contribution is -0.384. The number of hydrogen-bond donors (Lipinski definition) is 2. The Morgan fingerprint density at radius 1 is 1.12 bits per heavy atom. The van der Waals surface area contributed by atoms with Gasteiger partial charge in [0.15, 0.2) is 5.65 Å². The van der Waals surface area contributed by atoms with Crippen molar-refractivity contribution in [3.8, 4) is 11.3 Å². The van der Waals surface area contributed by atoms with Crippen LogP contribution in [0.5, 0.6) is 0 Å². The van der Waals surface area contributed by atoms with Crippen molar-refractivity contribution in [1.29, 1.82) is 0 Å². The Morgan fingerprint density at radius 3 is 2.76 bits per heavy atom. The molecule has 0 spiro atoms. The minimum absolute atomic E-state index is 0.0645. The third-order valence-corrected chi connectivity index (χ3v) is 5.93. The normalized spacial score (nSPS) is 13.5. The summed E-state index contributed by atoms with van der Waals surface area (Å²) in [6.45, 7) is 2.78. The molecule has 4 aromatic rings. The Bertz CT molecular complexity index is 1330. The number of nitrogens with two attached hydrogens (primary N) is 1. The quantitative estimate of drug-likeness (QED) is 0.231. The molecule has 0 saturated carbocycles. The average molecular weight is 460 g/mol. The Morgan fingerprint density at radius 2 is 1.97 bits per heavy atom. The summed E-state index contributed by atoms with van der Waals surface area (Å²) in [6, 6.07) is 13.4. The molecule has 174 valence electrons. The van der Waals surface area contributed by atoms with Crippen molar-refractivity contribution in [2.75, 3.05) is 35.6 Å². The first-order valence-corrected chi connectivity index (χ1v) is 11.3. The number of nitrogens with zero attached hydrogens (tertiary/aromatic N) is 7. The van der Waals surface area contributed by atoms with Gasteiger partial charge >= 0.3 is 5.69 Å². The zero-order chi connectivity index (χ0) is 23.5. The van der Waals surface area contributed by atoms with Crippen LogP contribution in [0.3, 0.4) is 0 Å². The lowest BCUT2D eigenvalue weighted by atomic mass is 10.1. The van der Waals surface area contributed by atoms with Gasteiger partial charge in [-0.25, -0.2) is 15.0 Å². The third-order valence-electron chi connectivity index (χ3n) is 5.93. The average Bonchev–Trinajstić information content (AvgIpc) is 3.54. The maximum Gasteiger partial charge on any atom is 0.311 e. The second-order valence-corrected chi connectivity index (χ2v) is 8.23. The molecule has 0 radical (unpaired) electrons. The van der Waals surface area contributed by atoms with Crippen molar-refractivity contribution in [2.45, 2.75) is 25.7 Å². The molecule has 1 aromatic carbocycles. The van der Waals surface area contributed by atoms with E-state index in [-0.39, 0.29) is 11.5 Å². The molecule has 11 heteroatoms. The van der Waals surface area contributed by atoms with Crippen LogP contribution in [0.15, 0.2) is 48.8 Å². The molecular formula is C23H25N9O2. The zero-order valence-electron chi connectivity index (χ0n) is 18.6. The van der Waals surface area contributed by atoms with Crippen LogP contribution < -0.4 is 16.0 Å². The molecular weight excluding hydrogens is 434 g/mol. The summed E-state index contributed by atoms with van der Waals surface area (Å²) in [4.78, 5) is 26.1. The molecule has 3 aromatic heterocycles. The van der Waals surface area contributed by atoms with Gasteiger partial charge in [-0.2, -0.15) is 9.61 Å². The van der Waals surface area contributed by atoms with Gasteiger partial charge in [-0.15, -0.1) is 0 Å². The molecule has 0 amide bonds. The fourth-order valence-electron chi connectivity index (χ4n) is 4.20. The molecule has 1 saturated heterocycles. The zero-order valence-corrected chi connectivity index (χ0v) is 18.6. The van der Waals surface area contributed by atoms with Crippen molar-refractivity contribution in [1.82, 2.24) is 24.6 Å². The van der Waals surface area contributed by atoms with Gasteiger partial charge in [0.05, 0.1) is 10.6 Å². The summed E-state index contributed by atoms with van der Waals surface area (Å²) in [5.41, 5.74) is 10.0. The predicted molar refractivity (Wildman–Crippen MR) is 130 cm³/mol.